The molecule has 0 atom stereocenters. The first kappa shape index (κ1) is 18.3. The SMILES string of the molecule is NS(=O)(=O)c1cc(C(=O)O/N=C/c2ccccc2F)c(Cl)cc1Cl. The summed E-state index contributed by atoms with van der Waals surface area (Å²) < 4.78 is 36.2. The van der Waals surface area contributed by atoms with Gasteiger partial charge in [0, 0.05) is 5.56 Å². The Morgan fingerprint density at radius 2 is 1.88 bits per heavy atom. The van der Waals surface area contributed by atoms with Crippen LogP contribution in [0, 0.1) is 5.82 Å². The molecule has 24 heavy (non-hydrogen) atoms. The van der Waals surface area contributed by atoms with Gasteiger partial charge in [-0.3, -0.25) is 0 Å². The molecule has 0 heterocycles. The van der Waals surface area contributed by atoms with Crippen LogP contribution in [0.15, 0.2) is 46.4 Å². The minimum atomic E-state index is -4.16. The number of oxime groups is 1. The summed E-state index contributed by atoms with van der Waals surface area (Å²) in [4.78, 5) is 16.0. The van der Waals surface area contributed by atoms with Crippen LogP contribution in [0.4, 0.5) is 4.39 Å². The molecule has 10 heteroatoms. The average Bonchev–Trinajstić information content (AvgIpc) is 2.47. The third-order valence-corrected chi connectivity index (χ3v) is 4.47. The lowest BCUT2D eigenvalue weighted by Gasteiger charge is -2.06. The molecule has 0 saturated heterocycles. The zero-order valence-electron chi connectivity index (χ0n) is 11.7. The van der Waals surface area contributed by atoms with E-state index in [9.17, 15) is 17.6 Å². The quantitative estimate of drug-likeness (QED) is 0.492. The zero-order chi connectivity index (χ0) is 17.9. The summed E-state index contributed by atoms with van der Waals surface area (Å²) in [6.45, 7) is 0. The second-order valence-electron chi connectivity index (χ2n) is 4.44. The number of halogens is 3. The van der Waals surface area contributed by atoms with E-state index in [1.54, 1.807) is 6.07 Å². The second kappa shape index (κ2) is 7.27. The molecule has 0 aliphatic rings. The van der Waals surface area contributed by atoms with Crippen molar-refractivity contribution in [2.75, 3.05) is 0 Å². The van der Waals surface area contributed by atoms with E-state index in [1.165, 1.54) is 18.2 Å². The molecule has 2 N–H and O–H groups in total. The largest absolute Gasteiger partial charge is 0.367 e. The summed E-state index contributed by atoms with van der Waals surface area (Å²) >= 11 is 11.6. The lowest BCUT2D eigenvalue weighted by atomic mass is 10.2. The Morgan fingerprint density at radius 1 is 1.21 bits per heavy atom. The third kappa shape index (κ3) is 4.30. The first-order valence-corrected chi connectivity index (χ1v) is 8.51. The minimum absolute atomic E-state index is 0.0951. The summed E-state index contributed by atoms with van der Waals surface area (Å²) in [5.74, 6) is -1.62. The van der Waals surface area contributed by atoms with E-state index in [2.05, 4.69) is 9.99 Å². The van der Waals surface area contributed by atoms with Crippen LogP contribution in [0.3, 0.4) is 0 Å². The Bertz CT molecular complexity index is 932. The van der Waals surface area contributed by atoms with Crippen LogP contribution >= 0.6 is 23.2 Å². The van der Waals surface area contributed by atoms with Crippen LogP contribution in [0.5, 0.6) is 0 Å². The van der Waals surface area contributed by atoms with E-state index >= 15 is 0 Å². The molecule has 2 aromatic carbocycles. The first-order valence-electron chi connectivity index (χ1n) is 6.21. The number of nitrogens with zero attached hydrogens (tertiary/aromatic N) is 1. The molecule has 0 unspecified atom stereocenters. The maximum atomic E-state index is 13.4. The molecule has 0 saturated carbocycles. The predicted molar refractivity (Wildman–Crippen MR) is 87.2 cm³/mol. The molecule has 0 aliphatic heterocycles. The molecule has 0 fully saturated rings. The number of nitrogens with two attached hydrogens (primary N) is 1. The van der Waals surface area contributed by atoms with Crippen LogP contribution in [0.2, 0.25) is 10.0 Å². The van der Waals surface area contributed by atoms with Gasteiger partial charge in [0.15, 0.2) is 0 Å². The van der Waals surface area contributed by atoms with Gasteiger partial charge in [-0.2, -0.15) is 0 Å². The smallest absolute Gasteiger partial charge is 0.313 e. The molecule has 6 nitrogen and oxygen atoms in total. The van der Waals surface area contributed by atoms with Crippen molar-refractivity contribution in [3.8, 4) is 0 Å². The molecular formula is C14H9Cl2FN2O4S. The Hall–Kier alpha value is -2.00. The number of hydrogen-bond donors (Lipinski definition) is 1. The number of rotatable bonds is 4. The monoisotopic (exact) mass is 390 g/mol. The van der Waals surface area contributed by atoms with Crippen molar-refractivity contribution in [2.24, 2.45) is 10.3 Å². The van der Waals surface area contributed by atoms with Gasteiger partial charge in [0.05, 0.1) is 21.8 Å². The third-order valence-electron chi connectivity index (χ3n) is 2.78. The van der Waals surface area contributed by atoms with Gasteiger partial charge in [-0.25, -0.2) is 22.7 Å². The van der Waals surface area contributed by atoms with Crippen LogP contribution in [0.25, 0.3) is 0 Å². The zero-order valence-corrected chi connectivity index (χ0v) is 14.1. The molecule has 0 aromatic heterocycles. The molecule has 0 aliphatic carbocycles. The van der Waals surface area contributed by atoms with Crippen molar-refractivity contribution in [3.05, 3.63) is 63.4 Å². The highest BCUT2D eigenvalue weighted by atomic mass is 35.5. The van der Waals surface area contributed by atoms with Crippen molar-refractivity contribution in [1.82, 2.24) is 0 Å². The summed E-state index contributed by atoms with van der Waals surface area (Å²) in [6.07, 6.45) is 0.984. The van der Waals surface area contributed by atoms with E-state index < -0.39 is 26.7 Å². The van der Waals surface area contributed by atoms with Crippen molar-refractivity contribution in [1.29, 1.82) is 0 Å². The lowest BCUT2D eigenvalue weighted by molar-refractivity contribution is 0.0519. The van der Waals surface area contributed by atoms with Crippen molar-refractivity contribution in [2.45, 2.75) is 4.90 Å². The highest BCUT2D eigenvalue weighted by Crippen LogP contribution is 2.28. The topological polar surface area (TPSA) is 98.8 Å². The Labute approximate surface area is 146 Å². The number of benzene rings is 2. The standard InChI is InChI=1S/C14H9Cl2FN2O4S/c15-10-6-11(16)13(24(18,21)22)5-9(10)14(20)23-19-7-8-3-1-2-4-12(8)17/h1-7H,(H2,18,21,22)/b19-7+. The van der Waals surface area contributed by atoms with Gasteiger partial charge in [-0.1, -0.05) is 46.6 Å². The average molecular weight is 391 g/mol. The molecule has 0 bridgehead atoms. The highest BCUT2D eigenvalue weighted by molar-refractivity contribution is 7.89. The Balaban J connectivity index is 2.26. The second-order valence-corrected chi connectivity index (χ2v) is 6.79. The lowest BCUT2D eigenvalue weighted by Crippen LogP contribution is -2.14. The van der Waals surface area contributed by atoms with E-state index in [4.69, 9.17) is 28.3 Å². The summed E-state index contributed by atoms with van der Waals surface area (Å²) in [7, 11) is -4.16. The molecule has 2 rings (SSSR count). The summed E-state index contributed by atoms with van der Waals surface area (Å²) in [6, 6.07) is 7.60. The highest BCUT2D eigenvalue weighted by Gasteiger charge is 2.21. The van der Waals surface area contributed by atoms with Crippen LogP contribution in [-0.4, -0.2) is 20.6 Å². The van der Waals surface area contributed by atoms with Crippen molar-refractivity contribution < 1.29 is 22.4 Å². The van der Waals surface area contributed by atoms with E-state index in [0.29, 0.717) is 0 Å². The maximum absolute atomic E-state index is 13.4. The Morgan fingerprint density at radius 3 is 2.50 bits per heavy atom. The molecule has 2 aromatic rings. The van der Waals surface area contributed by atoms with Gasteiger partial charge >= 0.3 is 5.97 Å². The maximum Gasteiger partial charge on any atom is 0.367 e. The fourth-order valence-corrected chi connectivity index (χ4v) is 3.06. The van der Waals surface area contributed by atoms with Gasteiger partial charge in [0.1, 0.15) is 10.7 Å². The van der Waals surface area contributed by atoms with Crippen LogP contribution in [-0.2, 0) is 14.9 Å². The molecule has 0 spiro atoms. The number of sulfonamides is 1. The van der Waals surface area contributed by atoms with Gasteiger partial charge in [0.25, 0.3) is 0 Å². The van der Waals surface area contributed by atoms with Gasteiger partial charge in [0.2, 0.25) is 10.0 Å². The Kier molecular flexibility index (Phi) is 5.55. The normalized spacial score (nSPS) is 11.7. The number of carbonyl (C=O) groups is 1. The molecular weight excluding hydrogens is 382 g/mol. The minimum Gasteiger partial charge on any atom is -0.313 e. The molecule has 126 valence electrons. The molecule has 0 radical (unpaired) electrons. The van der Waals surface area contributed by atoms with Gasteiger partial charge in [-0.05, 0) is 18.2 Å². The van der Waals surface area contributed by atoms with Gasteiger partial charge < -0.3 is 4.84 Å². The van der Waals surface area contributed by atoms with Crippen LogP contribution in [0.1, 0.15) is 15.9 Å². The van der Waals surface area contributed by atoms with Crippen molar-refractivity contribution in [3.63, 3.8) is 0 Å². The van der Waals surface area contributed by atoms with Gasteiger partial charge in [-0.15, -0.1) is 0 Å². The summed E-state index contributed by atoms with van der Waals surface area (Å²) in [5.41, 5.74) is -0.214. The first-order chi connectivity index (χ1) is 11.2. The molecule has 0 amide bonds. The van der Waals surface area contributed by atoms with Crippen molar-refractivity contribution >= 4 is 45.4 Å². The fraction of sp³-hybridized carbons (Fsp3) is 0. The summed E-state index contributed by atoms with van der Waals surface area (Å²) in [5, 5.41) is 7.94. The fourth-order valence-electron chi connectivity index (χ4n) is 1.66. The predicted octanol–water partition coefficient (Wildman–Crippen LogP) is 2.97. The van der Waals surface area contributed by atoms with E-state index in [0.717, 1.165) is 18.3 Å². The van der Waals surface area contributed by atoms with E-state index in [1.807, 2.05) is 0 Å². The van der Waals surface area contributed by atoms with Crippen LogP contribution < -0.4 is 5.14 Å². The number of primary sulfonamides is 1. The number of carbonyl (C=O) groups excluding carboxylic acids is 1. The van der Waals surface area contributed by atoms with E-state index in [-0.39, 0.29) is 21.2 Å². The number of hydrogen-bond acceptors (Lipinski definition) is 5.